The van der Waals surface area contributed by atoms with Crippen molar-refractivity contribution in [2.75, 3.05) is 19.5 Å². The van der Waals surface area contributed by atoms with Crippen molar-refractivity contribution in [2.24, 2.45) is 0 Å². The number of benzene rings is 2. The van der Waals surface area contributed by atoms with Gasteiger partial charge >= 0.3 is 0 Å². The molecule has 1 amide bonds. The van der Waals surface area contributed by atoms with Gasteiger partial charge in [0.1, 0.15) is 11.5 Å². The second-order valence-corrected chi connectivity index (χ2v) is 6.03. The molecule has 2 aromatic carbocycles. The largest absolute Gasteiger partial charge is 0.497 e. The summed E-state index contributed by atoms with van der Waals surface area (Å²) in [4.78, 5) is 25.1. The van der Waals surface area contributed by atoms with Gasteiger partial charge in [-0.25, -0.2) is 0 Å². The molecule has 0 radical (unpaired) electrons. The Bertz CT molecular complexity index is 861. The van der Waals surface area contributed by atoms with E-state index < -0.39 is 17.3 Å². The van der Waals surface area contributed by atoms with Gasteiger partial charge in [-0.1, -0.05) is 17.7 Å². The molecule has 0 aliphatic carbocycles. The Kier molecular flexibility index (Phi) is 4.22. The Hall–Kier alpha value is -2.86. The van der Waals surface area contributed by atoms with Gasteiger partial charge in [0, 0.05) is 17.3 Å². The molecule has 0 saturated carbocycles. The predicted octanol–water partition coefficient (Wildman–Crippen LogP) is 2.42. The van der Waals surface area contributed by atoms with Crippen molar-refractivity contribution in [3.05, 3.63) is 53.1 Å². The van der Waals surface area contributed by atoms with Gasteiger partial charge in [0.25, 0.3) is 5.91 Å². The molecular formula is C19H19NO5. The lowest BCUT2D eigenvalue weighted by atomic mass is 9.87. The SMILES string of the molecule is COc1ccc(C(=O)C[C@@]2(O)C(=O)Nc3ccc(C)cc32)c(OC)c1. The highest BCUT2D eigenvalue weighted by Crippen LogP contribution is 2.40. The molecule has 2 N–H and O–H groups in total. The lowest BCUT2D eigenvalue weighted by molar-refractivity contribution is -0.133. The van der Waals surface area contributed by atoms with E-state index in [1.54, 1.807) is 30.3 Å². The number of Topliss-reactive ketones (excluding diaryl/α,β-unsaturated/α-hetero) is 1. The van der Waals surface area contributed by atoms with Crippen LogP contribution >= 0.6 is 0 Å². The molecule has 2 aromatic rings. The minimum absolute atomic E-state index is 0.283. The summed E-state index contributed by atoms with van der Waals surface area (Å²) in [5.74, 6) is -0.122. The third kappa shape index (κ3) is 2.85. The van der Waals surface area contributed by atoms with E-state index in [1.165, 1.54) is 14.2 Å². The molecule has 0 unspecified atom stereocenters. The average Bonchev–Trinajstić information content (AvgIpc) is 2.84. The molecule has 1 aliphatic heterocycles. The normalized spacial score (nSPS) is 18.5. The smallest absolute Gasteiger partial charge is 0.261 e. The van der Waals surface area contributed by atoms with Crippen molar-refractivity contribution < 1.29 is 24.2 Å². The number of anilines is 1. The van der Waals surface area contributed by atoms with Crippen LogP contribution in [0.2, 0.25) is 0 Å². The zero-order valence-electron chi connectivity index (χ0n) is 14.3. The second kappa shape index (κ2) is 6.22. The van der Waals surface area contributed by atoms with Crippen LogP contribution in [-0.2, 0) is 10.4 Å². The maximum absolute atomic E-state index is 12.8. The Morgan fingerprint density at radius 2 is 1.92 bits per heavy atom. The summed E-state index contributed by atoms with van der Waals surface area (Å²) in [6, 6.07) is 10.0. The van der Waals surface area contributed by atoms with Gasteiger partial charge in [0.2, 0.25) is 0 Å². The lowest BCUT2D eigenvalue weighted by Crippen LogP contribution is -2.36. The first-order valence-electron chi connectivity index (χ1n) is 7.79. The summed E-state index contributed by atoms with van der Waals surface area (Å²) in [6.07, 6.45) is -0.377. The van der Waals surface area contributed by atoms with Gasteiger partial charge < -0.3 is 19.9 Å². The Morgan fingerprint density at radius 1 is 1.16 bits per heavy atom. The molecule has 1 aliphatic rings. The summed E-state index contributed by atoms with van der Waals surface area (Å²) >= 11 is 0. The summed E-state index contributed by atoms with van der Waals surface area (Å²) in [5.41, 5.74) is 0.211. The summed E-state index contributed by atoms with van der Waals surface area (Å²) in [7, 11) is 2.96. The van der Waals surface area contributed by atoms with E-state index in [-0.39, 0.29) is 12.0 Å². The summed E-state index contributed by atoms with van der Waals surface area (Å²) in [6.45, 7) is 1.86. The molecule has 6 heteroatoms. The van der Waals surface area contributed by atoms with Crippen LogP contribution in [0.4, 0.5) is 5.69 Å². The zero-order chi connectivity index (χ0) is 18.2. The molecule has 25 heavy (non-hydrogen) atoms. The van der Waals surface area contributed by atoms with E-state index >= 15 is 0 Å². The Labute approximate surface area is 145 Å². The van der Waals surface area contributed by atoms with Crippen LogP contribution in [-0.4, -0.2) is 31.0 Å². The number of methoxy groups -OCH3 is 2. The number of amides is 1. The quantitative estimate of drug-likeness (QED) is 0.816. The van der Waals surface area contributed by atoms with E-state index in [0.717, 1.165) is 5.56 Å². The highest BCUT2D eigenvalue weighted by atomic mass is 16.5. The number of carbonyl (C=O) groups excluding carboxylic acids is 2. The fourth-order valence-electron chi connectivity index (χ4n) is 2.99. The van der Waals surface area contributed by atoms with Gasteiger partial charge in [0.05, 0.1) is 26.2 Å². The number of rotatable bonds is 5. The van der Waals surface area contributed by atoms with Crippen molar-refractivity contribution >= 4 is 17.4 Å². The van der Waals surface area contributed by atoms with E-state index in [1.807, 2.05) is 13.0 Å². The van der Waals surface area contributed by atoms with Crippen LogP contribution in [0.15, 0.2) is 36.4 Å². The third-order valence-corrected chi connectivity index (χ3v) is 4.37. The molecule has 0 aromatic heterocycles. The third-order valence-electron chi connectivity index (χ3n) is 4.37. The van der Waals surface area contributed by atoms with E-state index in [9.17, 15) is 14.7 Å². The fourth-order valence-corrected chi connectivity index (χ4v) is 2.99. The lowest BCUT2D eigenvalue weighted by Gasteiger charge is -2.21. The number of hydrogen-bond acceptors (Lipinski definition) is 5. The minimum atomic E-state index is -1.90. The number of hydrogen-bond donors (Lipinski definition) is 2. The predicted molar refractivity (Wildman–Crippen MR) is 92.2 cm³/mol. The molecule has 1 heterocycles. The van der Waals surface area contributed by atoms with Crippen LogP contribution in [0.1, 0.15) is 27.9 Å². The van der Waals surface area contributed by atoms with Crippen molar-refractivity contribution in [2.45, 2.75) is 18.9 Å². The number of aryl methyl sites for hydroxylation is 1. The van der Waals surface area contributed by atoms with Gasteiger partial charge in [-0.15, -0.1) is 0 Å². The van der Waals surface area contributed by atoms with Crippen molar-refractivity contribution in [1.29, 1.82) is 0 Å². The maximum atomic E-state index is 12.8. The van der Waals surface area contributed by atoms with E-state index in [2.05, 4.69) is 5.32 Å². The molecule has 130 valence electrons. The topological polar surface area (TPSA) is 84.9 Å². The van der Waals surface area contributed by atoms with Crippen LogP contribution in [0, 0.1) is 6.92 Å². The van der Waals surface area contributed by atoms with E-state index in [4.69, 9.17) is 9.47 Å². The van der Waals surface area contributed by atoms with Crippen LogP contribution < -0.4 is 14.8 Å². The van der Waals surface area contributed by atoms with Gasteiger partial charge in [0.15, 0.2) is 11.4 Å². The standard InChI is InChI=1S/C19H19NO5/c1-11-4-7-15-14(8-11)19(23,18(22)20-15)10-16(21)13-6-5-12(24-2)9-17(13)25-3/h4-9,23H,10H2,1-3H3,(H,20,22)/t19-/m0/s1. The number of aliphatic hydroxyl groups is 1. The zero-order valence-corrected chi connectivity index (χ0v) is 14.3. The van der Waals surface area contributed by atoms with Crippen molar-refractivity contribution in [1.82, 2.24) is 0 Å². The van der Waals surface area contributed by atoms with Gasteiger partial charge in [-0.2, -0.15) is 0 Å². The number of ether oxygens (including phenoxy) is 2. The molecule has 0 fully saturated rings. The van der Waals surface area contributed by atoms with Crippen molar-refractivity contribution in [3.8, 4) is 11.5 Å². The summed E-state index contributed by atoms with van der Waals surface area (Å²) < 4.78 is 10.4. The molecule has 0 saturated heterocycles. The first-order chi connectivity index (χ1) is 11.9. The maximum Gasteiger partial charge on any atom is 0.261 e. The molecular weight excluding hydrogens is 322 g/mol. The highest BCUT2D eigenvalue weighted by Gasteiger charge is 2.47. The molecule has 1 atom stereocenters. The van der Waals surface area contributed by atoms with Gasteiger partial charge in [-0.05, 0) is 25.1 Å². The van der Waals surface area contributed by atoms with Gasteiger partial charge in [-0.3, -0.25) is 9.59 Å². The number of nitrogens with one attached hydrogen (secondary N) is 1. The second-order valence-electron chi connectivity index (χ2n) is 6.03. The van der Waals surface area contributed by atoms with Crippen LogP contribution in [0.25, 0.3) is 0 Å². The van der Waals surface area contributed by atoms with E-state index in [0.29, 0.717) is 22.7 Å². The number of ketones is 1. The van der Waals surface area contributed by atoms with Crippen LogP contribution in [0.3, 0.4) is 0 Å². The first-order valence-corrected chi connectivity index (χ1v) is 7.79. The molecule has 3 rings (SSSR count). The molecule has 0 spiro atoms. The fraction of sp³-hybridized carbons (Fsp3) is 0.263. The Morgan fingerprint density at radius 3 is 2.60 bits per heavy atom. The molecule has 6 nitrogen and oxygen atoms in total. The monoisotopic (exact) mass is 341 g/mol. The average molecular weight is 341 g/mol. The Balaban J connectivity index is 1.96. The molecule has 0 bridgehead atoms. The minimum Gasteiger partial charge on any atom is -0.497 e. The first kappa shape index (κ1) is 17.0. The van der Waals surface area contributed by atoms with Crippen molar-refractivity contribution in [3.63, 3.8) is 0 Å². The highest BCUT2D eigenvalue weighted by molar-refractivity contribution is 6.10. The summed E-state index contributed by atoms with van der Waals surface area (Å²) in [5, 5.41) is 13.6. The number of carbonyl (C=O) groups is 2. The van der Waals surface area contributed by atoms with Crippen LogP contribution in [0.5, 0.6) is 11.5 Å². The number of fused-ring (bicyclic) bond motifs is 1.